The maximum absolute atomic E-state index is 13.0. The van der Waals surface area contributed by atoms with Gasteiger partial charge in [-0.05, 0) is 70.4 Å². The summed E-state index contributed by atoms with van der Waals surface area (Å²) in [5.74, 6) is 0.255. The summed E-state index contributed by atoms with van der Waals surface area (Å²) < 4.78 is 50.6. The summed E-state index contributed by atoms with van der Waals surface area (Å²) in [6.45, 7) is 5.98. The molecule has 0 saturated carbocycles. The zero-order valence-electron chi connectivity index (χ0n) is 19.6. The Labute approximate surface area is 198 Å². The van der Waals surface area contributed by atoms with E-state index in [0.717, 1.165) is 31.4 Å². The predicted octanol–water partition coefficient (Wildman–Crippen LogP) is 6.88. The third kappa shape index (κ3) is 6.66. The Morgan fingerprint density at radius 1 is 1.12 bits per heavy atom. The van der Waals surface area contributed by atoms with Crippen LogP contribution in [0.2, 0.25) is 0 Å². The van der Waals surface area contributed by atoms with Crippen molar-refractivity contribution in [2.24, 2.45) is 0 Å². The molecule has 0 radical (unpaired) electrons. The fraction of sp³-hybridized carbons (Fsp3) is 0.462. The van der Waals surface area contributed by atoms with Gasteiger partial charge in [-0.3, -0.25) is 0 Å². The molecule has 0 aliphatic carbocycles. The van der Waals surface area contributed by atoms with Crippen molar-refractivity contribution in [1.82, 2.24) is 4.90 Å². The van der Waals surface area contributed by atoms with Crippen molar-refractivity contribution in [2.75, 3.05) is 6.54 Å². The number of amides is 1. The molecule has 2 aromatic rings. The lowest BCUT2D eigenvalue weighted by Crippen LogP contribution is -2.47. The van der Waals surface area contributed by atoms with Crippen molar-refractivity contribution >= 4 is 6.09 Å². The van der Waals surface area contributed by atoms with E-state index in [1.807, 2.05) is 20.8 Å². The molecular formula is C26H29F3N2O3. The van der Waals surface area contributed by atoms with E-state index in [1.165, 1.54) is 12.1 Å². The lowest BCUT2D eigenvalue weighted by atomic mass is 9.92. The number of piperidine rings is 1. The molecule has 3 rings (SSSR count). The second-order valence-corrected chi connectivity index (χ2v) is 9.39. The van der Waals surface area contributed by atoms with Gasteiger partial charge in [0, 0.05) is 24.6 Å². The molecule has 0 bridgehead atoms. The summed E-state index contributed by atoms with van der Waals surface area (Å²) in [4.78, 5) is 14.6. The maximum atomic E-state index is 13.0. The van der Waals surface area contributed by atoms with Crippen LogP contribution in [-0.2, 0) is 10.9 Å². The minimum Gasteiger partial charge on any atom is -0.486 e. The summed E-state index contributed by atoms with van der Waals surface area (Å²) in [7, 11) is 0. The van der Waals surface area contributed by atoms with Crippen LogP contribution in [0.15, 0.2) is 48.5 Å². The first-order valence-corrected chi connectivity index (χ1v) is 11.3. The Bertz CT molecular complexity index is 1020. The molecule has 182 valence electrons. The van der Waals surface area contributed by atoms with Crippen LogP contribution < -0.4 is 4.74 Å². The van der Waals surface area contributed by atoms with E-state index < -0.39 is 29.5 Å². The smallest absolute Gasteiger partial charge is 0.416 e. The minimum absolute atomic E-state index is 0.199. The van der Waals surface area contributed by atoms with Crippen molar-refractivity contribution in [1.29, 1.82) is 5.26 Å². The van der Waals surface area contributed by atoms with Gasteiger partial charge >= 0.3 is 12.3 Å². The molecule has 1 amide bonds. The number of carbonyl (C=O) groups is 1. The van der Waals surface area contributed by atoms with E-state index in [1.54, 1.807) is 29.2 Å². The van der Waals surface area contributed by atoms with Gasteiger partial charge in [-0.1, -0.05) is 18.2 Å². The first kappa shape index (κ1) is 25.4. The number of likely N-dealkylation sites (tertiary alicyclic amines) is 1. The Morgan fingerprint density at radius 2 is 1.79 bits per heavy atom. The summed E-state index contributed by atoms with van der Waals surface area (Å²) in [6.07, 6.45) is -2.59. The molecule has 1 aliphatic rings. The zero-order valence-corrected chi connectivity index (χ0v) is 19.6. The number of rotatable bonds is 5. The van der Waals surface area contributed by atoms with Crippen LogP contribution in [0, 0.1) is 11.3 Å². The van der Waals surface area contributed by atoms with Crippen molar-refractivity contribution in [2.45, 2.75) is 70.4 Å². The number of nitrogens with zero attached hydrogens (tertiary/aromatic N) is 2. The molecule has 1 saturated heterocycles. The first-order valence-electron chi connectivity index (χ1n) is 11.3. The topological polar surface area (TPSA) is 62.6 Å². The largest absolute Gasteiger partial charge is 0.486 e. The maximum Gasteiger partial charge on any atom is 0.416 e. The van der Waals surface area contributed by atoms with E-state index in [0.29, 0.717) is 24.1 Å². The van der Waals surface area contributed by atoms with Gasteiger partial charge in [0.05, 0.1) is 17.2 Å². The number of hydrogen-bond acceptors (Lipinski definition) is 4. The van der Waals surface area contributed by atoms with Crippen LogP contribution in [0.3, 0.4) is 0 Å². The molecule has 2 atom stereocenters. The Kier molecular flexibility index (Phi) is 7.75. The molecule has 1 aliphatic heterocycles. The minimum atomic E-state index is -4.44. The number of carbonyl (C=O) groups excluding carboxylic acids is 1. The van der Waals surface area contributed by atoms with E-state index in [2.05, 4.69) is 6.07 Å². The molecule has 1 heterocycles. The lowest BCUT2D eigenvalue weighted by Gasteiger charge is -2.38. The Hall–Kier alpha value is -3.21. The summed E-state index contributed by atoms with van der Waals surface area (Å²) in [5, 5.41) is 9.62. The van der Waals surface area contributed by atoms with Crippen LogP contribution in [0.4, 0.5) is 18.0 Å². The standard InChI is InChI=1S/C26H29F3N2O3/c1-25(2,3)34-24(32)31-15-7-6-9-20(31)16-23(22-10-5-4-8-18(22)17-30)33-21-13-11-19(12-14-21)26(27,28)29/h4-5,8,10-14,20,23H,6-7,9,15-16H2,1-3H3/t20-,23+/m1/s1. The normalized spacial score (nSPS) is 17.6. The molecule has 8 heteroatoms. The molecule has 0 unspecified atom stereocenters. The van der Waals surface area contributed by atoms with Gasteiger partial charge in [0.25, 0.3) is 0 Å². The SMILES string of the molecule is CC(C)(C)OC(=O)N1CCCC[C@@H]1C[C@H](Oc1ccc(C(F)(F)F)cc1)c1ccccc1C#N. The van der Waals surface area contributed by atoms with Gasteiger partial charge < -0.3 is 14.4 Å². The van der Waals surface area contributed by atoms with Gasteiger partial charge in [0.2, 0.25) is 0 Å². The molecule has 5 nitrogen and oxygen atoms in total. The summed E-state index contributed by atoms with van der Waals surface area (Å²) in [6, 6.07) is 13.4. The summed E-state index contributed by atoms with van der Waals surface area (Å²) in [5.41, 5.74) is -0.362. The number of benzene rings is 2. The number of ether oxygens (including phenoxy) is 2. The third-order valence-electron chi connectivity index (χ3n) is 5.63. The number of hydrogen-bond donors (Lipinski definition) is 0. The fourth-order valence-electron chi connectivity index (χ4n) is 4.06. The van der Waals surface area contributed by atoms with Crippen LogP contribution >= 0.6 is 0 Å². The van der Waals surface area contributed by atoms with Crippen LogP contribution in [0.5, 0.6) is 5.75 Å². The molecule has 0 spiro atoms. The zero-order chi connectivity index (χ0) is 24.9. The Balaban J connectivity index is 1.89. The van der Waals surface area contributed by atoms with E-state index >= 15 is 0 Å². The number of nitriles is 1. The van der Waals surface area contributed by atoms with Gasteiger partial charge in [-0.2, -0.15) is 18.4 Å². The average Bonchev–Trinajstić information content (AvgIpc) is 2.77. The van der Waals surface area contributed by atoms with Crippen molar-refractivity contribution in [3.63, 3.8) is 0 Å². The van der Waals surface area contributed by atoms with Crippen LogP contribution in [0.25, 0.3) is 0 Å². The number of halogens is 3. The Morgan fingerprint density at radius 3 is 2.41 bits per heavy atom. The molecule has 34 heavy (non-hydrogen) atoms. The molecule has 1 fully saturated rings. The first-order chi connectivity index (χ1) is 16.0. The van der Waals surface area contributed by atoms with E-state index in [4.69, 9.17) is 9.47 Å². The lowest BCUT2D eigenvalue weighted by molar-refractivity contribution is -0.137. The molecule has 0 N–H and O–H groups in total. The van der Waals surface area contributed by atoms with Crippen molar-refractivity contribution < 1.29 is 27.4 Å². The molecular weight excluding hydrogens is 445 g/mol. The quantitative estimate of drug-likeness (QED) is 0.474. The second-order valence-electron chi connectivity index (χ2n) is 9.39. The highest BCUT2D eigenvalue weighted by Crippen LogP contribution is 2.35. The monoisotopic (exact) mass is 474 g/mol. The summed E-state index contributed by atoms with van der Waals surface area (Å²) >= 11 is 0. The van der Waals surface area contributed by atoms with Crippen molar-refractivity contribution in [3.05, 3.63) is 65.2 Å². The number of alkyl halides is 3. The molecule has 2 aromatic carbocycles. The van der Waals surface area contributed by atoms with Crippen molar-refractivity contribution in [3.8, 4) is 11.8 Å². The van der Waals surface area contributed by atoms with Gasteiger partial charge in [0.1, 0.15) is 17.5 Å². The highest BCUT2D eigenvalue weighted by atomic mass is 19.4. The van der Waals surface area contributed by atoms with E-state index in [-0.39, 0.29) is 11.8 Å². The molecule has 0 aromatic heterocycles. The third-order valence-corrected chi connectivity index (χ3v) is 5.63. The van der Waals surface area contributed by atoms with Gasteiger partial charge in [-0.25, -0.2) is 4.79 Å². The second kappa shape index (κ2) is 10.4. The highest BCUT2D eigenvalue weighted by molar-refractivity contribution is 5.68. The van der Waals surface area contributed by atoms with Gasteiger partial charge in [0.15, 0.2) is 0 Å². The predicted molar refractivity (Wildman–Crippen MR) is 121 cm³/mol. The highest BCUT2D eigenvalue weighted by Gasteiger charge is 2.34. The average molecular weight is 475 g/mol. The van der Waals surface area contributed by atoms with E-state index in [9.17, 15) is 23.2 Å². The fourth-order valence-corrected chi connectivity index (χ4v) is 4.06. The van der Waals surface area contributed by atoms with Crippen LogP contribution in [-0.4, -0.2) is 29.2 Å². The van der Waals surface area contributed by atoms with Gasteiger partial charge in [-0.15, -0.1) is 0 Å². The van der Waals surface area contributed by atoms with Crippen LogP contribution in [0.1, 0.15) is 69.2 Å².